The molecule has 1 aliphatic carbocycles. The van der Waals surface area contributed by atoms with Crippen LogP contribution in [0.15, 0.2) is 42.6 Å². The normalized spacial score (nSPS) is 27.1. The zero-order chi connectivity index (χ0) is 15.6. The van der Waals surface area contributed by atoms with Gasteiger partial charge in [-0.25, -0.2) is 0 Å². The van der Waals surface area contributed by atoms with Gasteiger partial charge in [-0.15, -0.1) is 0 Å². The van der Waals surface area contributed by atoms with Crippen molar-refractivity contribution >= 4 is 10.9 Å². The van der Waals surface area contributed by atoms with Crippen LogP contribution in [0.3, 0.4) is 0 Å². The smallest absolute Gasteiger partial charge is 0.0456 e. The van der Waals surface area contributed by atoms with Gasteiger partial charge in [-0.05, 0) is 42.7 Å². The SMILES string of the molecule is CCCCC1CC2C=CC1N(CCc1c[nH]c3ccccc13)C2. The van der Waals surface area contributed by atoms with Crippen molar-refractivity contribution in [2.45, 2.75) is 45.1 Å². The number of piperidine rings is 1. The highest BCUT2D eigenvalue weighted by molar-refractivity contribution is 5.83. The first-order valence-electron chi connectivity index (χ1n) is 9.32. The summed E-state index contributed by atoms with van der Waals surface area (Å²) in [7, 11) is 0. The summed E-state index contributed by atoms with van der Waals surface area (Å²) < 4.78 is 0. The lowest BCUT2D eigenvalue weighted by molar-refractivity contribution is 0.0790. The number of fused-ring (bicyclic) bond motifs is 3. The van der Waals surface area contributed by atoms with Crippen LogP contribution >= 0.6 is 0 Å². The van der Waals surface area contributed by atoms with Gasteiger partial charge in [-0.2, -0.15) is 0 Å². The molecule has 2 heteroatoms. The number of benzene rings is 1. The van der Waals surface area contributed by atoms with Gasteiger partial charge in [-0.3, -0.25) is 4.90 Å². The zero-order valence-electron chi connectivity index (χ0n) is 14.2. The van der Waals surface area contributed by atoms with Crippen LogP contribution in [0, 0.1) is 11.8 Å². The molecule has 1 fully saturated rings. The molecule has 0 spiro atoms. The van der Waals surface area contributed by atoms with Gasteiger partial charge in [0, 0.05) is 36.2 Å². The van der Waals surface area contributed by atoms with Crippen molar-refractivity contribution in [3.63, 3.8) is 0 Å². The van der Waals surface area contributed by atoms with Gasteiger partial charge < -0.3 is 4.98 Å². The van der Waals surface area contributed by atoms with Gasteiger partial charge in [0.05, 0.1) is 0 Å². The average Bonchev–Trinajstić information content (AvgIpc) is 3.02. The molecule has 2 bridgehead atoms. The van der Waals surface area contributed by atoms with Crippen LogP contribution in [0.2, 0.25) is 0 Å². The molecule has 1 N–H and O–H groups in total. The predicted octanol–water partition coefficient (Wildman–Crippen LogP) is 4.78. The number of hydrogen-bond acceptors (Lipinski definition) is 1. The van der Waals surface area contributed by atoms with E-state index in [4.69, 9.17) is 0 Å². The monoisotopic (exact) mass is 308 g/mol. The molecule has 122 valence electrons. The minimum atomic E-state index is 0.691. The average molecular weight is 308 g/mol. The van der Waals surface area contributed by atoms with E-state index in [9.17, 15) is 0 Å². The lowest BCUT2D eigenvalue weighted by Crippen LogP contribution is -2.50. The maximum Gasteiger partial charge on any atom is 0.0456 e. The summed E-state index contributed by atoms with van der Waals surface area (Å²) in [6.07, 6.45) is 13.9. The first-order chi connectivity index (χ1) is 11.3. The minimum absolute atomic E-state index is 0.691. The minimum Gasteiger partial charge on any atom is -0.361 e. The van der Waals surface area contributed by atoms with Crippen LogP contribution < -0.4 is 0 Å². The van der Waals surface area contributed by atoms with Crippen molar-refractivity contribution in [3.8, 4) is 0 Å². The molecule has 3 aliphatic rings. The summed E-state index contributed by atoms with van der Waals surface area (Å²) >= 11 is 0. The third-order valence-corrected chi connectivity index (χ3v) is 5.83. The second-order valence-corrected chi connectivity index (χ2v) is 7.38. The fourth-order valence-corrected chi connectivity index (χ4v) is 4.61. The van der Waals surface area contributed by atoms with Crippen molar-refractivity contribution < 1.29 is 0 Å². The number of para-hydroxylation sites is 1. The Bertz CT molecular complexity index is 684. The fourth-order valence-electron chi connectivity index (χ4n) is 4.61. The van der Waals surface area contributed by atoms with Crippen LogP contribution in [0.1, 0.15) is 38.2 Å². The number of unbranched alkanes of at least 4 members (excludes halogenated alkanes) is 1. The number of nitrogens with one attached hydrogen (secondary N) is 1. The highest BCUT2D eigenvalue weighted by atomic mass is 15.2. The molecule has 5 rings (SSSR count). The third kappa shape index (κ3) is 2.97. The van der Waals surface area contributed by atoms with Gasteiger partial charge in [0.25, 0.3) is 0 Å². The Kier molecular flexibility index (Phi) is 4.26. The second-order valence-electron chi connectivity index (χ2n) is 7.38. The largest absolute Gasteiger partial charge is 0.361 e. The number of hydrogen-bond donors (Lipinski definition) is 1. The zero-order valence-corrected chi connectivity index (χ0v) is 14.2. The second kappa shape index (κ2) is 6.52. The molecule has 0 amide bonds. The Labute approximate surface area is 139 Å². The number of nitrogens with zero attached hydrogens (tertiary/aromatic N) is 1. The van der Waals surface area contributed by atoms with Crippen molar-refractivity contribution in [1.29, 1.82) is 0 Å². The van der Waals surface area contributed by atoms with Gasteiger partial charge in [0.15, 0.2) is 0 Å². The van der Waals surface area contributed by atoms with Crippen LogP contribution in [-0.2, 0) is 6.42 Å². The lowest BCUT2D eigenvalue weighted by atomic mass is 9.75. The molecular formula is C21H28N2. The molecule has 2 aliphatic heterocycles. The molecule has 0 radical (unpaired) electrons. The molecule has 1 aromatic carbocycles. The van der Waals surface area contributed by atoms with Crippen molar-refractivity contribution in [2.75, 3.05) is 13.1 Å². The van der Waals surface area contributed by atoms with E-state index >= 15 is 0 Å². The third-order valence-electron chi connectivity index (χ3n) is 5.83. The lowest BCUT2D eigenvalue weighted by Gasteiger charge is -2.46. The molecule has 1 aromatic heterocycles. The Morgan fingerprint density at radius 1 is 1.22 bits per heavy atom. The summed E-state index contributed by atoms with van der Waals surface area (Å²) in [4.78, 5) is 6.16. The Hall–Kier alpha value is -1.54. The highest BCUT2D eigenvalue weighted by Crippen LogP contribution is 2.37. The summed E-state index contributed by atoms with van der Waals surface area (Å²) in [6, 6.07) is 9.36. The maximum absolute atomic E-state index is 3.41. The van der Waals surface area contributed by atoms with E-state index < -0.39 is 0 Å². The number of H-pyrrole nitrogens is 1. The van der Waals surface area contributed by atoms with Crippen molar-refractivity contribution in [3.05, 3.63) is 48.2 Å². The molecule has 3 unspecified atom stereocenters. The molecule has 2 nitrogen and oxygen atoms in total. The Morgan fingerprint density at radius 3 is 3.00 bits per heavy atom. The molecule has 3 heterocycles. The summed E-state index contributed by atoms with van der Waals surface area (Å²) in [5.74, 6) is 1.69. The van der Waals surface area contributed by atoms with E-state index in [0.29, 0.717) is 6.04 Å². The van der Waals surface area contributed by atoms with E-state index in [-0.39, 0.29) is 0 Å². The summed E-state index contributed by atoms with van der Waals surface area (Å²) in [5.41, 5.74) is 2.74. The first kappa shape index (κ1) is 15.0. The topological polar surface area (TPSA) is 19.0 Å². The van der Waals surface area contributed by atoms with Crippen LogP contribution in [-0.4, -0.2) is 29.0 Å². The summed E-state index contributed by atoms with van der Waals surface area (Å²) in [5, 5.41) is 1.40. The maximum atomic E-state index is 3.41. The van der Waals surface area contributed by atoms with Gasteiger partial charge >= 0.3 is 0 Å². The Balaban J connectivity index is 1.43. The van der Waals surface area contributed by atoms with E-state index in [1.807, 2.05) is 0 Å². The molecular weight excluding hydrogens is 280 g/mol. The molecule has 0 saturated carbocycles. The van der Waals surface area contributed by atoms with Gasteiger partial charge in [0.2, 0.25) is 0 Å². The van der Waals surface area contributed by atoms with Crippen LogP contribution in [0.5, 0.6) is 0 Å². The first-order valence-corrected chi connectivity index (χ1v) is 9.32. The number of aromatic amines is 1. The molecule has 3 atom stereocenters. The fraction of sp³-hybridized carbons (Fsp3) is 0.524. The van der Waals surface area contributed by atoms with Gasteiger partial charge in [-0.1, -0.05) is 50.1 Å². The van der Waals surface area contributed by atoms with E-state index in [0.717, 1.165) is 18.3 Å². The number of aromatic nitrogens is 1. The van der Waals surface area contributed by atoms with Crippen LogP contribution in [0.4, 0.5) is 0 Å². The van der Waals surface area contributed by atoms with E-state index in [2.05, 4.69) is 59.4 Å². The summed E-state index contributed by atoms with van der Waals surface area (Å²) in [6.45, 7) is 4.77. The predicted molar refractivity (Wildman–Crippen MR) is 97.6 cm³/mol. The van der Waals surface area contributed by atoms with Crippen LogP contribution in [0.25, 0.3) is 10.9 Å². The molecule has 23 heavy (non-hydrogen) atoms. The molecule has 2 aromatic rings. The quantitative estimate of drug-likeness (QED) is 0.761. The van der Waals surface area contributed by atoms with Gasteiger partial charge in [0.1, 0.15) is 0 Å². The molecule has 1 saturated heterocycles. The van der Waals surface area contributed by atoms with Crippen molar-refractivity contribution in [2.24, 2.45) is 11.8 Å². The Morgan fingerprint density at radius 2 is 2.13 bits per heavy atom. The number of rotatable bonds is 6. The highest BCUT2D eigenvalue weighted by Gasteiger charge is 2.36. The van der Waals surface area contributed by atoms with E-state index in [1.54, 1.807) is 0 Å². The van der Waals surface area contributed by atoms with Crippen molar-refractivity contribution in [1.82, 2.24) is 9.88 Å². The van der Waals surface area contributed by atoms with E-state index in [1.165, 1.54) is 55.2 Å². The standard InChI is InChI=1S/C21H28N2/c1-2-3-6-17-13-16-9-10-21(17)23(15-16)12-11-18-14-22-20-8-5-4-7-19(18)20/h4-5,7-10,14,16-17,21-22H,2-3,6,11-13,15H2,1H3.